The van der Waals surface area contributed by atoms with E-state index in [9.17, 15) is 17.4 Å². The number of para-hydroxylation sites is 1. The Bertz CT molecular complexity index is 1240. The Labute approximate surface area is 226 Å². The van der Waals surface area contributed by atoms with Crippen LogP contribution in [0.15, 0.2) is 83.3 Å². The maximum absolute atomic E-state index is 12.9. The molecule has 38 heavy (non-hydrogen) atoms. The zero-order chi connectivity index (χ0) is 27.0. The van der Waals surface area contributed by atoms with Crippen LogP contribution in [-0.4, -0.2) is 21.1 Å². The Kier molecular flexibility index (Phi) is 10.1. The molecular weight excluding hydrogens is 503 g/mol. The first-order valence-electron chi connectivity index (χ1n) is 13.9. The van der Waals surface area contributed by atoms with E-state index in [-0.39, 0.29) is 18.3 Å². The highest BCUT2D eigenvalue weighted by Gasteiger charge is 2.28. The van der Waals surface area contributed by atoms with Gasteiger partial charge in [-0.2, -0.15) is 13.2 Å². The van der Waals surface area contributed by atoms with Gasteiger partial charge in [0.2, 0.25) is 0 Å². The van der Waals surface area contributed by atoms with E-state index < -0.39 is 23.4 Å². The highest BCUT2D eigenvalue weighted by Crippen LogP contribution is 2.42. The highest BCUT2D eigenvalue weighted by molar-refractivity contribution is 7.85. The minimum absolute atomic E-state index is 0.0928. The Morgan fingerprint density at radius 1 is 0.868 bits per heavy atom. The van der Waals surface area contributed by atoms with Gasteiger partial charge in [0.1, 0.15) is 0 Å². The number of aromatic amines is 1. The lowest BCUT2D eigenvalue weighted by Gasteiger charge is -2.28. The van der Waals surface area contributed by atoms with E-state index in [2.05, 4.69) is 53.5 Å². The molecule has 0 saturated carbocycles. The summed E-state index contributed by atoms with van der Waals surface area (Å²) < 4.78 is 49.7. The molecule has 0 spiro atoms. The first kappa shape index (κ1) is 28.4. The lowest BCUT2D eigenvalue weighted by molar-refractivity contribution is -0.135. The third-order valence-corrected chi connectivity index (χ3v) is 8.81. The molecule has 0 bridgehead atoms. The summed E-state index contributed by atoms with van der Waals surface area (Å²) in [5.74, 6) is 0.801. The van der Waals surface area contributed by atoms with Crippen molar-refractivity contribution in [2.45, 2.75) is 87.6 Å². The fraction of sp³-hybridized carbons (Fsp3) is 0.438. The summed E-state index contributed by atoms with van der Waals surface area (Å²) in [5, 5.41) is 1.19. The maximum Gasteiger partial charge on any atom is 0.389 e. The zero-order valence-corrected chi connectivity index (χ0v) is 22.9. The Morgan fingerprint density at radius 2 is 1.55 bits per heavy atom. The van der Waals surface area contributed by atoms with Gasteiger partial charge in [-0.1, -0.05) is 99.2 Å². The summed E-state index contributed by atoms with van der Waals surface area (Å²) in [6.45, 7) is 1.96. The van der Waals surface area contributed by atoms with E-state index in [1.165, 1.54) is 11.0 Å². The zero-order valence-electron chi connectivity index (χ0n) is 22.1. The number of alkyl halides is 3. The van der Waals surface area contributed by atoms with Gasteiger partial charge < -0.3 is 4.98 Å². The topological polar surface area (TPSA) is 32.9 Å². The fourth-order valence-corrected chi connectivity index (χ4v) is 6.42. The number of H-pyrrole nitrogens is 1. The first-order chi connectivity index (χ1) is 18.4. The second kappa shape index (κ2) is 13.5. The second-order valence-corrected chi connectivity index (χ2v) is 11.9. The van der Waals surface area contributed by atoms with Crippen molar-refractivity contribution in [2.75, 3.05) is 5.75 Å². The lowest BCUT2D eigenvalue weighted by atomic mass is 9.78. The number of benzene rings is 2. The molecule has 3 aromatic rings. The van der Waals surface area contributed by atoms with E-state index in [0.29, 0.717) is 12.2 Å². The number of unbranched alkanes of at least 4 members (excludes halogenated alkanes) is 6. The van der Waals surface area contributed by atoms with Crippen LogP contribution in [0.4, 0.5) is 13.2 Å². The van der Waals surface area contributed by atoms with Gasteiger partial charge in [0, 0.05) is 40.1 Å². The largest absolute Gasteiger partial charge is 0.389 e. The molecule has 0 aliphatic heterocycles. The summed E-state index contributed by atoms with van der Waals surface area (Å²) in [7, 11) is -1.03. The monoisotopic (exact) mass is 541 g/mol. The smallest absolute Gasteiger partial charge is 0.358 e. The molecule has 204 valence electrons. The quantitative estimate of drug-likeness (QED) is 0.215. The van der Waals surface area contributed by atoms with Gasteiger partial charge in [0.25, 0.3) is 0 Å². The molecule has 2 nitrogen and oxygen atoms in total. The predicted molar refractivity (Wildman–Crippen MR) is 152 cm³/mol. The molecule has 6 heteroatoms. The number of fused-ring (bicyclic) bond motifs is 1. The molecule has 3 unspecified atom stereocenters. The van der Waals surface area contributed by atoms with E-state index >= 15 is 0 Å². The Morgan fingerprint density at radius 3 is 2.29 bits per heavy atom. The number of aromatic nitrogens is 1. The minimum atomic E-state index is -4.03. The maximum atomic E-state index is 12.9. The van der Waals surface area contributed by atoms with Crippen molar-refractivity contribution in [1.29, 1.82) is 0 Å². The predicted octanol–water partition coefficient (Wildman–Crippen LogP) is 9.73. The van der Waals surface area contributed by atoms with Crippen LogP contribution in [0, 0.1) is 0 Å². The number of hydrogen-bond acceptors (Lipinski definition) is 1. The molecular formula is C32H38F3NOS. The van der Waals surface area contributed by atoms with Crippen molar-refractivity contribution >= 4 is 21.7 Å². The lowest BCUT2D eigenvalue weighted by Crippen LogP contribution is -2.14. The summed E-state index contributed by atoms with van der Waals surface area (Å²) in [6.07, 6.45) is 9.16. The standard InChI is InChI=1S/C32H38F3NOS/c1-2-38(37)31-18-12-10-16-27(31)26-20-19-24(14-8-6-4-3-5-7-13-21-32(33,34)35)22-28(26)30-23-25-15-9-11-17-29(25)36-30/h9-12,15-20,22-23,26,28,36H,2-8,13-14,21H2,1H3. The van der Waals surface area contributed by atoms with Crippen molar-refractivity contribution in [3.63, 3.8) is 0 Å². The van der Waals surface area contributed by atoms with Crippen LogP contribution >= 0.6 is 0 Å². The summed E-state index contributed by atoms with van der Waals surface area (Å²) in [4.78, 5) is 4.55. The molecule has 0 fully saturated rings. The highest BCUT2D eigenvalue weighted by atomic mass is 32.2. The third-order valence-electron chi connectivity index (χ3n) is 7.42. The first-order valence-corrected chi connectivity index (χ1v) is 15.2. The second-order valence-electron chi connectivity index (χ2n) is 10.2. The van der Waals surface area contributed by atoms with Gasteiger partial charge in [0.05, 0.1) is 10.8 Å². The average molecular weight is 542 g/mol. The molecule has 4 rings (SSSR count). The summed E-state index contributed by atoms with van der Waals surface area (Å²) >= 11 is 0. The molecule has 1 aliphatic carbocycles. The van der Waals surface area contributed by atoms with Gasteiger partial charge in [-0.15, -0.1) is 0 Å². The van der Waals surface area contributed by atoms with Crippen LogP contribution in [0.2, 0.25) is 0 Å². The molecule has 3 atom stereocenters. The van der Waals surface area contributed by atoms with E-state index in [1.54, 1.807) is 0 Å². The van der Waals surface area contributed by atoms with Crippen LogP contribution in [-0.2, 0) is 10.8 Å². The average Bonchev–Trinajstić information content (AvgIpc) is 3.35. The van der Waals surface area contributed by atoms with Gasteiger partial charge in [-0.3, -0.25) is 4.21 Å². The van der Waals surface area contributed by atoms with Crippen LogP contribution in [0.1, 0.15) is 87.8 Å². The summed E-state index contributed by atoms with van der Waals surface area (Å²) in [6, 6.07) is 18.6. The van der Waals surface area contributed by atoms with E-state index in [1.807, 2.05) is 31.2 Å². The molecule has 0 saturated heterocycles. The third kappa shape index (κ3) is 7.72. The van der Waals surface area contributed by atoms with Crippen molar-refractivity contribution in [3.8, 4) is 0 Å². The van der Waals surface area contributed by atoms with Crippen LogP contribution < -0.4 is 0 Å². The van der Waals surface area contributed by atoms with E-state index in [0.717, 1.165) is 60.2 Å². The molecule has 1 aromatic heterocycles. The van der Waals surface area contributed by atoms with E-state index in [4.69, 9.17) is 0 Å². The molecule has 0 amide bonds. The molecule has 2 aromatic carbocycles. The Hall–Kier alpha value is -2.60. The van der Waals surface area contributed by atoms with Crippen LogP contribution in [0.3, 0.4) is 0 Å². The Balaban J connectivity index is 1.42. The molecule has 0 radical (unpaired) electrons. The number of rotatable bonds is 13. The molecule has 1 N–H and O–H groups in total. The molecule has 1 heterocycles. The number of nitrogens with one attached hydrogen (secondary N) is 1. The van der Waals surface area contributed by atoms with Gasteiger partial charge in [0.15, 0.2) is 0 Å². The van der Waals surface area contributed by atoms with Crippen LogP contribution in [0.25, 0.3) is 10.9 Å². The van der Waals surface area contributed by atoms with Crippen molar-refractivity contribution in [1.82, 2.24) is 4.98 Å². The van der Waals surface area contributed by atoms with Gasteiger partial charge >= 0.3 is 6.18 Å². The normalized spacial score (nSPS) is 18.6. The minimum Gasteiger partial charge on any atom is -0.358 e. The van der Waals surface area contributed by atoms with Crippen molar-refractivity contribution in [2.24, 2.45) is 0 Å². The SMILES string of the molecule is CCS(=O)c1ccccc1C1C=CC(CCCCCCCCCC(F)(F)F)=CC1c1cc2ccccc2[nH]1. The number of halogens is 3. The van der Waals surface area contributed by atoms with Gasteiger partial charge in [-0.05, 0) is 48.4 Å². The fourth-order valence-electron chi connectivity index (χ4n) is 5.42. The summed E-state index contributed by atoms with van der Waals surface area (Å²) in [5.41, 5.74) is 4.71. The van der Waals surface area contributed by atoms with Crippen molar-refractivity contribution in [3.05, 3.63) is 89.7 Å². The van der Waals surface area contributed by atoms with Gasteiger partial charge in [-0.25, -0.2) is 0 Å². The number of hydrogen-bond donors (Lipinski definition) is 1. The number of allylic oxidation sites excluding steroid dienone is 4. The molecule has 1 aliphatic rings. The van der Waals surface area contributed by atoms with Crippen LogP contribution in [0.5, 0.6) is 0 Å². The van der Waals surface area contributed by atoms with Crippen molar-refractivity contribution < 1.29 is 17.4 Å².